The third-order valence-electron chi connectivity index (χ3n) is 2.00. The molecule has 2 N–H and O–H groups in total. The first-order valence-electron chi connectivity index (χ1n) is 6.27. The molecule has 0 heterocycles. The second-order valence-electron chi connectivity index (χ2n) is 3.48. The van der Waals surface area contributed by atoms with Gasteiger partial charge in [0.15, 0.2) is 0 Å². The lowest BCUT2D eigenvalue weighted by atomic mass is 10.2. The molecular formula is C14H25NO2. The molecule has 1 rings (SSSR count). The van der Waals surface area contributed by atoms with Gasteiger partial charge in [-0.1, -0.05) is 19.1 Å². The van der Waals surface area contributed by atoms with Gasteiger partial charge in [-0.2, -0.15) is 0 Å². The van der Waals surface area contributed by atoms with Crippen LogP contribution in [0.5, 0.6) is 5.75 Å². The van der Waals surface area contributed by atoms with Crippen molar-refractivity contribution in [2.75, 3.05) is 19.8 Å². The molecule has 3 heteroatoms. The molecule has 98 valence electrons. The highest BCUT2D eigenvalue weighted by Gasteiger charge is 1.92. The Labute approximate surface area is 105 Å². The van der Waals surface area contributed by atoms with Gasteiger partial charge in [-0.15, -0.1) is 0 Å². The molecule has 0 bridgehead atoms. The summed E-state index contributed by atoms with van der Waals surface area (Å²) in [6, 6.07) is 7.84. The summed E-state index contributed by atoms with van der Waals surface area (Å²) in [6.07, 6.45) is 1.13. The summed E-state index contributed by atoms with van der Waals surface area (Å²) in [4.78, 5) is 0. The van der Waals surface area contributed by atoms with E-state index in [1.165, 1.54) is 0 Å². The van der Waals surface area contributed by atoms with Crippen molar-refractivity contribution >= 4 is 0 Å². The Morgan fingerprint density at radius 1 is 1.12 bits per heavy atom. The second-order valence-corrected chi connectivity index (χ2v) is 3.48. The Morgan fingerprint density at radius 2 is 1.88 bits per heavy atom. The van der Waals surface area contributed by atoms with Crippen LogP contribution in [0, 0.1) is 0 Å². The summed E-state index contributed by atoms with van der Waals surface area (Å²) in [5.74, 6) is 0.899. The average molecular weight is 239 g/mol. The summed E-state index contributed by atoms with van der Waals surface area (Å²) < 4.78 is 10.3. The quantitative estimate of drug-likeness (QED) is 0.776. The zero-order valence-corrected chi connectivity index (χ0v) is 11.2. The van der Waals surface area contributed by atoms with Crippen LogP contribution in [0.15, 0.2) is 24.3 Å². The predicted molar refractivity (Wildman–Crippen MR) is 72.3 cm³/mol. The number of benzene rings is 1. The number of ether oxygens (including phenoxy) is 2. The molecule has 0 atom stereocenters. The fourth-order valence-corrected chi connectivity index (χ4v) is 1.22. The van der Waals surface area contributed by atoms with E-state index in [9.17, 15) is 0 Å². The van der Waals surface area contributed by atoms with Gasteiger partial charge in [0.05, 0.1) is 6.61 Å². The first kappa shape index (κ1) is 15.9. The van der Waals surface area contributed by atoms with E-state index in [1.54, 1.807) is 0 Å². The van der Waals surface area contributed by atoms with E-state index in [1.807, 2.05) is 38.1 Å². The first-order chi connectivity index (χ1) is 8.28. The summed E-state index contributed by atoms with van der Waals surface area (Å²) in [5.41, 5.74) is 6.57. The summed E-state index contributed by atoms with van der Waals surface area (Å²) in [5, 5.41) is 0. The molecular weight excluding hydrogens is 214 g/mol. The van der Waals surface area contributed by atoms with Crippen LogP contribution < -0.4 is 10.5 Å². The molecule has 0 aliphatic heterocycles. The van der Waals surface area contributed by atoms with E-state index >= 15 is 0 Å². The zero-order valence-electron chi connectivity index (χ0n) is 11.2. The zero-order chi connectivity index (χ0) is 12.9. The van der Waals surface area contributed by atoms with Crippen molar-refractivity contribution < 1.29 is 9.47 Å². The van der Waals surface area contributed by atoms with Crippen LogP contribution in [0.4, 0.5) is 0 Å². The molecule has 0 spiro atoms. The minimum atomic E-state index is 0.570. The van der Waals surface area contributed by atoms with Crippen molar-refractivity contribution in [3.05, 3.63) is 29.8 Å². The number of hydrogen-bond donors (Lipinski definition) is 1. The van der Waals surface area contributed by atoms with Gasteiger partial charge in [0.1, 0.15) is 5.75 Å². The van der Waals surface area contributed by atoms with E-state index in [-0.39, 0.29) is 0 Å². The minimum Gasteiger partial charge on any atom is -0.494 e. The molecule has 0 fully saturated rings. The highest BCUT2D eigenvalue weighted by Crippen LogP contribution is 2.12. The lowest BCUT2D eigenvalue weighted by Crippen LogP contribution is -1.97. The van der Waals surface area contributed by atoms with Crippen molar-refractivity contribution in [2.45, 2.75) is 33.7 Å². The molecule has 0 aromatic heterocycles. The number of nitrogens with two attached hydrogens (primary N) is 1. The topological polar surface area (TPSA) is 44.5 Å². The van der Waals surface area contributed by atoms with Crippen LogP contribution in [0.3, 0.4) is 0 Å². The van der Waals surface area contributed by atoms with Crippen molar-refractivity contribution in [1.82, 2.24) is 0 Å². The summed E-state index contributed by atoms with van der Waals surface area (Å²) in [7, 11) is 0. The van der Waals surface area contributed by atoms with Gasteiger partial charge >= 0.3 is 0 Å². The molecule has 17 heavy (non-hydrogen) atoms. The Balaban J connectivity index is 0.000000366. The van der Waals surface area contributed by atoms with E-state index in [4.69, 9.17) is 15.2 Å². The predicted octanol–water partition coefficient (Wildman–Crippen LogP) is 2.98. The SMILES string of the molecule is CCCOCC.CCOc1cccc(CN)c1. The van der Waals surface area contributed by atoms with Gasteiger partial charge in [0, 0.05) is 19.8 Å². The molecule has 0 saturated heterocycles. The van der Waals surface area contributed by atoms with Crippen LogP contribution in [0.2, 0.25) is 0 Å². The second kappa shape index (κ2) is 11.4. The van der Waals surface area contributed by atoms with E-state index in [0.29, 0.717) is 13.2 Å². The van der Waals surface area contributed by atoms with Crippen molar-refractivity contribution in [3.8, 4) is 5.75 Å². The monoisotopic (exact) mass is 239 g/mol. The highest BCUT2D eigenvalue weighted by atomic mass is 16.5. The smallest absolute Gasteiger partial charge is 0.119 e. The Hall–Kier alpha value is -1.06. The van der Waals surface area contributed by atoms with E-state index in [2.05, 4.69) is 6.92 Å². The molecule has 0 saturated carbocycles. The van der Waals surface area contributed by atoms with Crippen LogP contribution in [0.25, 0.3) is 0 Å². The standard InChI is InChI=1S/C9H13NO.C5H12O/c1-2-11-9-5-3-4-8(6-9)7-10;1-3-5-6-4-2/h3-6H,2,7,10H2,1H3;3-5H2,1-2H3. The summed E-state index contributed by atoms with van der Waals surface area (Å²) >= 11 is 0. The van der Waals surface area contributed by atoms with Crippen LogP contribution in [0.1, 0.15) is 32.8 Å². The largest absolute Gasteiger partial charge is 0.494 e. The normalized spacial score (nSPS) is 9.41. The van der Waals surface area contributed by atoms with Crippen molar-refractivity contribution in [2.24, 2.45) is 5.73 Å². The Kier molecular flexibility index (Phi) is 10.7. The van der Waals surface area contributed by atoms with Gasteiger partial charge in [0.25, 0.3) is 0 Å². The van der Waals surface area contributed by atoms with Crippen LogP contribution in [-0.4, -0.2) is 19.8 Å². The molecule has 0 amide bonds. The van der Waals surface area contributed by atoms with Gasteiger partial charge in [0.2, 0.25) is 0 Å². The maximum absolute atomic E-state index is 5.46. The fourth-order valence-electron chi connectivity index (χ4n) is 1.22. The van der Waals surface area contributed by atoms with Crippen LogP contribution in [-0.2, 0) is 11.3 Å². The molecule has 0 aliphatic rings. The average Bonchev–Trinajstić information content (AvgIpc) is 2.38. The summed E-state index contributed by atoms with van der Waals surface area (Å²) in [6.45, 7) is 9.12. The number of hydrogen-bond acceptors (Lipinski definition) is 3. The molecule has 0 aliphatic carbocycles. The third-order valence-corrected chi connectivity index (χ3v) is 2.00. The maximum atomic E-state index is 5.46. The first-order valence-corrected chi connectivity index (χ1v) is 6.27. The van der Waals surface area contributed by atoms with Crippen molar-refractivity contribution in [1.29, 1.82) is 0 Å². The molecule has 0 unspecified atom stereocenters. The number of rotatable bonds is 6. The van der Waals surface area contributed by atoms with Crippen LogP contribution >= 0.6 is 0 Å². The minimum absolute atomic E-state index is 0.570. The van der Waals surface area contributed by atoms with Gasteiger partial charge in [-0.05, 0) is 38.0 Å². The molecule has 1 aromatic rings. The highest BCUT2D eigenvalue weighted by molar-refractivity contribution is 5.28. The maximum Gasteiger partial charge on any atom is 0.119 e. The Bertz CT molecular complexity index is 273. The fraction of sp³-hybridized carbons (Fsp3) is 0.571. The van der Waals surface area contributed by atoms with E-state index < -0.39 is 0 Å². The van der Waals surface area contributed by atoms with Gasteiger partial charge in [-0.3, -0.25) is 0 Å². The molecule has 3 nitrogen and oxygen atoms in total. The molecule has 1 aromatic carbocycles. The lowest BCUT2D eigenvalue weighted by Gasteiger charge is -2.03. The lowest BCUT2D eigenvalue weighted by molar-refractivity contribution is 0.148. The Morgan fingerprint density at radius 3 is 2.35 bits per heavy atom. The van der Waals surface area contributed by atoms with Crippen molar-refractivity contribution in [3.63, 3.8) is 0 Å². The van der Waals surface area contributed by atoms with Gasteiger partial charge < -0.3 is 15.2 Å². The van der Waals surface area contributed by atoms with E-state index in [0.717, 1.165) is 30.9 Å². The third kappa shape index (κ3) is 8.72. The molecule has 0 radical (unpaired) electrons. The van der Waals surface area contributed by atoms with Gasteiger partial charge in [-0.25, -0.2) is 0 Å².